The SMILES string of the molecule is CC(C)OC(=O)[C@H](C)NP=O.CCC(=O)O[C@H]1[C@@](C)(F)[C@H](n2ccc(=O)[nH]c2=O)O[C@]1(F)CO.Oc1cccc2ccccc12. The van der Waals surface area contributed by atoms with Gasteiger partial charge in [0.25, 0.3) is 11.4 Å². The molecule has 16 heteroatoms. The van der Waals surface area contributed by atoms with Crippen molar-refractivity contribution in [3.05, 3.63) is 75.6 Å². The van der Waals surface area contributed by atoms with E-state index in [1.165, 1.54) is 6.92 Å². The number of aromatic hydroxyl groups is 1. The topological polar surface area (TPSA) is 186 Å². The first-order valence-corrected chi connectivity index (χ1v) is 14.5. The number of phenolic OH excluding ortho intramolecular Hbond substituents is 1. The number of aliphatic hydroxyl groups excluding tert-OH is 1. The molecule has 0 unspecified atom stereocenters. The van der Waals surface area contributed by atoms with Gasteiger partial charge in [-0.05, 0) is 39.1 Å². The van der Waals surface area contributed by atoms with Crippen LogP contribution in [0.1, 0.15) is 47.3 Å². The Kier molecular flexibility index (Phi) is 13.5. The van der Waals surface area contributed by atoms with Crippen LogP contribution in [0.4, 0.5) is 8.78 Å². The summed E-state index contributed by atoms with van der Waals surface area (Å²) in [6.07, 6.45) is -3.28. The zero-order chi connectivity index (χ0) is 33.9. The first-order valence-electron chi connectivity index (χ1n) is 13.7. The van der Waals surface area contributed by atoms with Gasteiger partial charge in [0.1, 0.15) is 18.4 Å². The van der Waals surface area contributed by atoms with Crippen molar-refractivity contribution in [3.8, 4) is 5.75 Å². The molecule has 0 radical (unpaired) electrons. The van der Waals surface area contributed by atoms with Crippen molar-refractivity contribution in [2.45, 2.75) is 77.0 Å². The van der Waals surface area contributed by atoms with E-state index in [1.807, 2.05) is 41.4 Å². The number of benzene rings is 2. The molecule has 2 aromatic carbocycles. The van der Waals surface area contributed by atoms with Crippen LogP contribution in [0, 0.1) is 0 Å². The van der Waals surface area contributed by atoms with Gasteiger partial charge in [-0.15, -0.1) is 0 Å². The molecule has 1 saturated heterocycles. The Balaban J connectivity index is 0.000000266. The van der Waals surface area contributed by atoms with Crippen molar-refractivity contribution < 1.29 is 47.4 Å². The number of halogens is 2. The number of aromatic nitrogens is 2. The standard InChI is InChI=1S/C13H16F2N2O6.C10H8O.C6H12NO3P/c1-3-8(20)22-9-12(2,14)10(23-13(9,15)6-18)17-5-4-7(19)16-11(17)21;11-10-7-3-5-8-4-1-2-6-9(8)10;1-4(2)10-6(8)5(3)7-11-9/h4-5,9-10,18H,3,6H2,1-2H3,(H,16,19,21);1-7,11H;4-5H,1-3H3,(H,7,9)/t9-,10+,12+,13+;;5-/m0.0/s1. The van der Waals surface area contributed by atoms with Crippen molar-refractivity contribution in [1.29, 1.82) is 0 Å². The Morgan fingerprint density at radius 2 is 1.78 bits per heavy atom. The summed E-state index contributed by atoms with van der Waals surface area (Å²) >= 11 is 0. The Morgan fingerprint density at radius 1 is 1.13 bits per heavy atom. The molecule has 0 aliphatic carbocycles. The lowest BCUT2D eigenvalue weighted by atomic mass is 9.97. The number of esters is 2. The van der Waals surface area contributed by atoms with E-state index in [9.17, 15) is 38.3 Å². The molecule has 3 aromatic rings. The minimum absolute atomic E-state index is 0.130. The van der Waals surface area contributed by atoms with Gasteiger partial charge < -0.3 is 24.4 Å². The van der Waals surface area contributed by atoms with Crippen LogP contribution in [0.2, 0.25) is 0 Å². The average Bonchev–Trinajstić information content (AvgIpc) is 3.18. The van der Waals surface area contributed by atoms with Crippen molar-refractivity contribution in [3.63, 3.8) is 0 Å². The summed E-state index contributed by atoms with van der Waals surface area (Å²) in [5.41, 5.74) is -4.44. The van der Waals surface area contributed by atoms with Crippen LogP contribution in [0.25, 0.3) is 10.8 Å². The largest absolute Gasteiger partial charge is 0.507 e. The number of phenols is 1. The number of rotatable bonds is 8. The highest BCUT2D eigenvalue weighted by Gasteiger charge is 2.67. The zero-order valence-electron chi connectivity index (χ0n) is 25.2. The maximum atomic E-state index is 15.1. The number of H-pyrrole nitrogens is 1. The van der Waals surface area contributed by atoms with Crippen LogP contribution in [-0.2, 0) is 28.4 Å². The maximum absolute atomic E-state index is 15.1. The normalized spacial score (nSPS) is 23.0. The summed E-state index contributed by atoms with van der Waals surface area (Å²) in [7, 11) is -0.255. The number of aliphatic hydroxyl groups is 1. The van der Waals surface area contributed by atoms with E-state index < -0.39 is 53.7 Å². The number of aromatic amines is 1. The number of carbonyl (C=O) groups is 2. The molecule has 0 amide bonds. The van der Waals surface area contributed by atoms with Crippen LogP contribution in [0.15, 0.2) is 64.3 Å². The number of fused-ring (bicyclic) bond motifs is 1. The van der Waals surface area contributed by atoms with Crippen LogP contribution in [-0.4, -0.2) is 68.1 Å². The predicted molar refractivity (Wildman–Crippen MR) is 159 cm³/mol. The molecular formula is C29H36F2N3O10P. The third kappa shape index (κ3) is 9.72. The van der Waals surface area contributed by atoms with E-state index in [4.69, 9.17) is 14.2 Å². The number of hydrogen-bond donors (Lipinski definition) is 4. The average molecular weight is 656 g/mol. The Labute approximate surface area is 258 Å². The number of nitrogens with one attached hydrogen (secondary N) is 2. The van der Waals surface area contributed by atoms with Gasteiger partial charge >= 0.3 is 17.6 Å². The molecule has 1 fully saturated rings. The number of nitrogens with zero attached hydrogens (tertiary/aromatic N) is 1. The summed E-state index contributed by atoms with van der Waals surface area (Å²) in [6.45, 7) is 6.13. The highest BCUT2D eigenvalue weighted by atomic mass is 31.1. The number of carbonyl (C=O) groups excluding carboxylic acids is 2. The summed E-state index contributed by atoms with van der Waals surface area (Å²) in [5, 5.41) is 22.9. The fraction of sp³-hybridized carbons (Fsp3) is 0.448. The molecular weight excluding hydrogens is 619 g/mol. The second-order valence-electron chi connectivity index (χ2n) is 10.2. The Morgan fingerprint density at radius 3 is 2.33 bits per heavy atom. The first kappa shape index (κ1) is 37.1. The summed E-state index contributed by atoms with van der Waals surface area (Å²) in [6, 6.07) is 13.7. The van der Waals surface area contributed by atoms with E-state index in [1.54, 1.807) is 26.8 Å². The van der Waals surface area contributed by atoms with Gasteiger partial charge in [-0.3, -0.25) is 28.5 Å². The molecule has 246 valence electrons. The van der Waals surface area contributed by atoms with Crippen molar-refractivity contribution in [2.75, 3.05) is 6.61 Å². The third-order valence-corrected chi connectivity index (χ3v) is 6.76. The molecule has 0 bridgehead atoms. The van der Waals surface area contributed by atoms with Crippen LogP contribution in [0.3, 0.4) is 0 Å². The molecule has 2 heterocycles. The second-order valence-corrected chi connectivity index (χ2v) is 10.7. The molecule has 1 aromatic heterocycles. The molecule has 1 aliphatic rings. The van der Waals surface area contributed by atoms with Gasteiger partial charge in [-0.25, -0.2) is 18.7 Å². The molecule has 5 atom stereocenters. The molecule has 1 aliphatic heterocycles. The second kappa shape index (κ2) is 16.3. The molecule has 45 heavy (non-hydrogen) atoms. The summed E-state index contributed by atoms with van der Waals surface area (Å²) in [5.74, 6) is -3.96. The van der Waals surface area contributed by atoms with Gasteiger partial charge in [0, 0.05) is 24.1 Å². The van der Waals surface area contributed by atoms with Gasteiger partial charge in [-0.1, -0.05) is 43.3 Å². The molecule has 0 spiro atoms. The fourth-order valence-corrected chi connectivity index (χ4v) is 4.33. The van der Waals surface area contributed by atoms with E-state index in [2.05, 4.69) is 5.09 Å². The molecule has 4 N–H and O–H groups in total. The Bertz CT molecular complexity index is 1580. The minimum Gasteiger partial charge on any atom is -0.507 e. The van der Waals surface area contributed by atoms with Crippen molar-refractivity contribution in [1.82, 2.24) is 14.6 Å². The van der Waals surface area contributed by atoms with Crippen molar-refractivity contribution >= 4 is 31.3 Å². The van der Waals surface area contributed by atoms with E-state index in [0.717, 1.165) is 30.0 Å². The summed E-state index contributed by atoms with van der Waals surface area (Å²) in [4.78, 5) is 47.0. The van der Waals surface area contributed by atoms with Crippen molar-refractivity contribution in [2.24, 2.45) is 0 Å². The smallest absolute Gasteiger partial charge is 0.330 e. The molecule has 13 nitrogen and oxygen atoms in total. The van der Waals surface area contributed by atoms with Crippen LogP contribution >= 0.6 is 8.61 Å². The molecule has 0 saturated carbocycles. The first-order chi connectivity index (χ1) is 21.1. The van der Waals surface area contributed by atoms with Gasteiger partial charge in [0.05, 0.1) is 6.10 Å². The monoisotopic (exact) mass is 655 g/mol. The highest BCUT2D eigenvalue weighted by molar-refractivity contribution is 7.21. The molecule has 4 rings (SSSR count). The number of hydrogen-bond acceptors (Lipinski definition) is 10. The van der Waals surface area contributed by atoms with E-state index in [-0.39, 0.29) is 27.1 Å². The highest BCUT2D eigenvalue weighted by Crippen LogP contribution is 2.48. The van der Waals surface area contributed by atoms with Crippen LogP contribution < -0.4 is 16.3 Å². The lowest BCUT2D eigenvalue weighted by molar-refractivity contribution is -0.217. The summed E-state index contributed by atoms with van der Waals surface area (Å²) < 4.78 is 54.8. The number of alkyl halides is 2. The fourth-order valence-electron chi connectivity index (χ4n) is 4.07. The van der Waals surface area contributed by atoms with Crippen LogP contribution in [0.5, 0.6) is 5.75 Å². The maximum Gasteiger partial charge on any atom is 0.330 e. The van der Waals surface area contributed by atoms with E-state index in [0.29, 0.717) is 10.3 Å². The third-order valence-electron chi connectivity index (χ3n) is 6.27. The zero-order valence-corrected chi connectivity index (χ0v) is 26.1. The van der Waals surface area contributed by atoms with Gasteiger partial charge in [0.2, 0.25) is 14.7 Å². The van der Waals surface area contributed by atoms with E-state index >= 15 is 4.39 Å². The lowest BCUT2D eigenvalue weighted by Crippen LogP contribution is -2.49. The lowest BCUT2D eigenvalue weighted by Gasteiger charge is -2.28. The number of ether oxygens (including phenoxy) is 3. The predicted octanol–water partition coefficient (Wildman–Crippen LogP) is 3.44. The van der Waals surface area contributed by atoms with Gasteiger partial charge in [0.15, 0.2) is 11.9 Å². The quantitative estimate of drug-likeness (QED) is 0.206. The minimum atomic E-state index is -3.03. The van der Waals surface area contributed by atoms with Gasteiger partial charge in [-0.2, -0.15) is 0 Å². The Hall–Kier alpha value is -4.04.